The third kappa shape index (κ3) is 2.35. The largest absolute Gasteiger partial charge is 0.206 e. The van der Waals surface area contributed by atoms with Crippen LogP contribution in [-0.2, 0) is 5.41 Å². The van der Waals surface area contributed by atoms with E-state index in [-0.39, 0.29) is 11.0 Å². The molecule has 3 aliphatic rings. The molecule has 122 valence electrons. The molecule has 2 bridgehead atoms. The summed E-state index contributed by atoms with van der Waals surface area (Å²) in [4.78, 5) is 0. The van der Waals surface area contributed by atoms with Gasteiger partial charge in [-0.05, 0) is 78.2 Å². The van der Waals surface area contributed by atoms with Crippen LogP contribution in [0.1, 0.15) is 56.6 Å². The molecular weight excluding hydrogens is 297 g/mol. The molecule has 3 fully saturated rings. The van der Waals surface area contributed by atoms with Gasteiger partial charge in [0.15, 0.2) is 0 Å². The van der Waals surface area contributed by atoms with Gasteiger partial charge in [-0.3, -0.25) is 0 Å². The average Bonchev–Trinajstić information content (AvgIpc) is 2.63. The maximum Gasteiger partial charge on any atom is 0.141 e. The van der Waals surface area contributed by atoms with Gasteiger partial charge >= 0.3 is 0 Å². The number of nitriles is 1. The van der Waals surface area contributed by atoms with E-state index < -0.39 is 5.82 Å². The highest BCUT2D eigenvalue weighted by molar-refractivity contribution is 5.70. The van der Waals surface area contributed by atoms with Crippen LogP contribution in [0.4, 0.5) is 4.39 Å². The minimum absolute atomic E-state index is 0.112. The maximum atomic E-state index is 14.1. The van der Waals surface area contributed by atoms with Gasteiger partial charge in [0.05, 0.1) is 5.56 Å². The zero-order chi connectivity index (χ0) is 16.8. The van der Waals surface area contributed by atoms with E-state index in [1.165, 1.54) is 50.2 Å². The second-order valence-electron chi connectivity index (χ2n) is 7.94. The van der Waals surface area contributed by atoms with Crippen molar-refractivity contribution in [2.75, 3.05) is 0 Å². The predicted molar refractivity (Wildman–Crippen MR) is 94.0 cm³/mol. The molecule has 2 heteroatoms. The fraction of sp³-hybridized carbons (Fsp3) is 0.409. The van der Waals surface area contributed by atoms with E-state index in [1.807, 2.05) is 18.2 Å². The van der Waals surface area contributed by atoms with E-state index in [1.54, 1.807) is 6.07 Å². The molecule has 24 heavy (non-hydrogen) atoms. The van der Waals surface area contributed by atoms with Crippen LogP contribution in [0.25, 0.3) is 11.1 Å². The maximum absolute atomic E-state index is 14.1. The lowest BCUT2D eigenvalue weighted by Crippen LogP contribution is -2.42. The molecule has 0 saturated heterocycles. The molecule has 0 heterocycles. The SMILES string of the molecule is CC12CCC(c3ccccc3-c3ccc(C#N)c(F)c3)(CC1)CC2. The molecular formula is C22H22FN. The number of benzene rings is 2. The van der Waals surface area contributed by atoms with Crippen molar-refractivity contribution in [1.29, 1.82) is 5.26 Å². The Hall–Kier alpha value is -2.14. The first-order valence-corrected chi connectivity index (χ1v) is 8.85. The molecule has 3 saturated carbocycles. The van der Waals surface area contributed by atoms with Crippen LogP contribution in [0.3, 0.4) is 0 Å². The minimum Gasteiger partial charge on any atom is -0.206 e. The van der Waals surface area contributed by atoms with Gasteiger partial charge in [0.25, 0.3) is 0 Å². The second-order valence-corrected chi connectivity index (χ2v) is 7.94. The molecule has 0 amide bonds. The average molecular weight is 319 g/mol. The van der Waals surface area contributed by atoms with Gasteiger partial charge in [0.1, 0.15) is 11.9 Å². The van der Waals surface area contributed by atoms with Gasteiger partial charge in [-0.25, -0.2) is 4.39 Å². The molecule has 0 spiro atoms. The Kier molecular flexibility index (Phi) is 3.49. The van der Waals surface area contributed by atoms with Crippen LogP contribution in [0.5, 0.6) is 0 Å². The third-order valence-electron chi connectivity index (χ3n) is 6.52. The molecule has 0 atom stereocenters. The zero-order valence-corrected chi connectivity index (χ0v) is 14.1. The van der Waals surface area contributed by atoms with Crippen LogP contribution in [0.2, 0.25) is 0 Å². The molecule has 1 nitrogen and oxygen atoms in total. The summed E-state index contributed by atoms with van der Waals surface area (Å²) in [6.45, 7) is 2.43. The van der Waals surface area contributed by atoms with E-state index in [2.05, 4.69) is 25.1 Å². The molecule has 0 radical (unpaired) electrons. The summed E-state index contributed by atoms with van der Waals surface area (Å²) < 4.78 is 14.1. The van der Waals surface area contributed by atoms with Gasteiger partial charge in [-0.2, -0.15) is 5.26 Å². The van der Waals surface area contributed by atoms with Crippen LogP contribution in [0.15, 0.2) is 42.5 Å². The number of nitrogens with zero attached hydrogens (tertiary/aromatic N) is 1. The lowest BCUT2D eigenvalue weighted by Gasteiger charge is -2.53. The third-order valence-corrected chi connectivity index (χ3v) is 6.52. The molecule has 3 aliphatic carbocycles. The van der Waals surface area contributed by atoms with E-state index in [9.17, 15) is 4.39 Å². The van der Waals surface area contributed by atoms with E-state index >= 15 is 0 Å². The first-order valence-electron chi connectivity index (χ1n) is 8.85. The molecule has 5 rings (SSSR count). The first-order chi connectivity index (χ1) is 11.6. The van der Waals surface area contributed by atoms with Crippen LogP contribution in [0, 0.1) is 22.6 Å². The molecule has 2 aromatic rings. The number of halogens is 1. The molecule has 0 N–H and O–H groups in total. The number of fused-ring (bicyclic) bond motifs is 3. The zero-order valence-electron chi connectivity index (χ0n) is 14.1. The van der Waals surface area contributed by atoms with Crippen LogP contribution < -0.4 is 0 Å². The highest BCUT2D eigenvalue weighted by Gasteiger charge is 2.47. The Morgan fingerprint density at radius 3 is 2.25 bits per heavy atom. The van der Waals surface area contributed by atoms with E-state index in [4.69, 9.17) is 5.26 Å². The topological polar surface area (TPSA) is 23.8 Å². The second kappa shape index (κ2) is 5.45. The number of rotatable bonds is 2. The van der Waals surface area contributed by atoms with Gasteiger partial charge in [0.2, 0.25) is 0 Å². The minimum atomic E-state index is -0.429. The highest BCUT2D eigenvalue weighted by Crippen LogP contribution is 2.58. The Morgan fingerprint density at radius 2 is 1.62 bits per heavy atom. The van der Waals surface area contributed by atoms with Crippen molar-refractivity contribution in [1.82, 2.24) is 0 Å². The fourth-order valence-corrected chi connectivity index (χ4v) is 4.75. The van der Waals surface area contributed by atoms with Crippen molar-refractivity contribution in [3.05, 3.63) is 59.4 Å². The summed E-state index contributed by atoms with van der Waals surface area (Å²) in [5, 5.41) is 8.96. The standard InChI is InChI=1S/C22H22FN/c1-21-8-11-22(12-9-21,13-10-21)19-5-3-2-4-18(19)16-6-7-17(15-24)20(23)14-16/h2-7,14H,8-13H2,1H3. The summed E-state index contributed by atoms with van der Waals surface area (Å²) in [6, 6.07) is 15.4. The Balaban J connectivity index is 1.80. The first kappa shape index (κ1) is 15.4. The van der Waals surface area contributed by atoms with Crippen molar-refractivity contribution in [2.45, 2.75) is 50.9 Å². The summed E-state index contributed by atoms with van der Waals surface area (Å²) in [7, 11) is 0. The Labute approximate surface area is 143 Å². The van der Waals surface area contributed by atoms with Gasteiger partial charge in [-0.1, -0.05) is 37.3 Å². The van der Waals surface area contributed by atoms with Crippen molar-refractivity contribution in [3.8, 4) is 17.2 Å². The van der Waals surface area contributed by atoms with Crippen molar-refractivity contribution >= 4 is 0 Å². The monoisotopic (exact) mass is 319 g/mol. The van der Waals surface area contributed by atoms with Gasteiger partial charge in [0, 0.05) is 0 Å². The molecule has 0 aromatic heterocycles. The Morgan fingerprint density at radius 1 is 0.958 bits per heavy atom. The lowest BCUT2D eigenvalue weighted by molar-refractivity contribution is 0.0559. The van der Waals surface area contributed by atoms with Gasteiger partial charge in [-0.15, -0.1) is 0 Å². The van der Waals surface area contributed by atoms with Gasteiger partial charge < -0.3 is 0 Å². The summed E-state index contributed by atoms with van der Waals surface area (Å²) in [5.41, 5.74) is 4.29. The highest BCUT2D eigenvalue weighted by atomic mass is 19.1. The van der Waals surface area contributed by atoms with Crippen molar-refractivity contribution in [2.24, 2.45) is 5.41 Å². The van der Waals surface area contributed by atoms with Crippen LogP contribution in [-0.4, -0.2) is 0 Å². The Bertz CT molecular complexity index is 806. The number of hydrogen-bond donors (Lipinski definition) is 0. The number of hydrogen-bond acceptors (Lipinski definition) is 1. The smallest absolute Gasteiger partial charge is 0.141 e. The summed E-state index contributed by atoms with van der Waals surface area (Å²) in [5.74, 6) is -0.429. The fourth-order valence-electron chi connectivity index (χ4n) is 4.75. The normalized spacial score (nSPS) is 28.5. The molecule has 2 aromatic carbocycles. The molecule has 0 unspecified atom stereocenters. The summed E-state index contributed by atoms with van der Waals surface area (Å²) >= 11 is 0. The van der Waals surface area contributed by atoms with Crippen molar-refractivity contribution < 1.29 is 4.39 Å². The predicted octanol–water partition coefficient (Wildman–Crippen LogP) is 5.98. The van der Waals surface area contributed by atoms with Crippen LogP contribution >= 0.6 is 0 Å². The van der Waals surface area contributed by atoms with Crippen molar-refractivity contribution in [3.63, 3.8) is 0 Å². The quantitative estimate of drug-likeness (QED) is 0.668. The molecule has 0 aliphatic heterocycles. The van der Waals surface area contributed by atoms with E-state index in [0.717, 1.165) is 11.1 Å². The van der Waals surface area contributed by atoms with E-state index in [0.29, 0.717) is 5.41 Å². The summed E-state index contributed by atoms with van der Waals surface area (Å²) in [6.07, 6.45) is 7.59. The lowest BCUT2D eigenvalue weighted by atomic mass is 9.52.